The Balaban J connectivity index is 1.57. The van der Waals surface area contributed by atoms with E-state index in [9.17, 15) is 4.79 Å². The van der Waals surface area contributed by atoms with Crippen molar-refractivity contribution < 1.29 is 4.74 Å². The van der Waals surface area contributed by atoms with Crippen LogP contribution in [0, 0.1) is 6.92 Å². The molecule has 0 atom stereocenters. The summed E-state index contributed by atoms with van der Waals surface area (Å²) in [6, 6.07) is 9.52. The molecule has 0 spiro atoms. The standard InChI is InChI=1S/C19H26N6O2S/c1-15-17(23(2)25(18(15)26)16-6-4-3-5-7-16)14-21-22-19(28)20-8-9-24-10-12-27-13-11-24/h3-7,14H,8-13H2,1-2H3,(H2,20,22,28)/b21-14-. The van der Waals surface area contributed by atoms with Crippen molar-refractivity contribution in [2.75, 3.05) is 39.4 Å². The van der Waals surface area contributed by atoms with Crippen molar-refractivity contribution in [3.05, 3.63) is 51.9 Å². The average molecular weight is 403 g/mol. The van der Waals surface area contributed by atoms with Crippen LogP contribution in [0.15, 0.2) is 40.2 Å². The molecule has 1 saturated heterocycles. The van der Waals surface area contributed by atoms with Gasteiger partial charge in [0.15, 0.2) is 5.11 Å². The van der Waals surface area contributed by atoms with Crippen molar-refractivity contribution in [1.29, 1.82) is 0 Å². The van der Waals surface area contributed by atoms with Crippen molar-refractivity contribution in [3.63, 3.8) is 0 Å². The molecule has 0 aliphatic carbocycles. The Morgan fingerprint density at radius 2 is 2.00 bits per heavy atom. The number of aromatic nitrogens is 2. The number of nitrogens with one attached hydrogen (secondary N) is 2. The van der Waals surface area contributed by atoms with E-state index in [0.29, 0.717) is 10.7 Å². The van der Waals surface area contributed by atoms with Crippen LogP contribution < -0.4 is 16.3 Å². The molecule has 3 rings (SSSR count). The van der Waals surface area contributed by atoms with E-state index in [0.717, 1.165) is 50.8 Å². The van der Waals surface area contributed by atoms with Gasteiger partial charge in [0.25, 0.3) is 5.56 Å². The predicted octanol–water partition coefficient (Wildman–Crippen LogP) is 0.615. The first-order valence-corrected chi connectivity index (χ1v) is 9.70. The fourth-order valence-electron chi connectivity index (χ4n) is 3.14. The third-order valence-electron chi connectivity index (χ3n) is 4.72. The summed E-state index contributed by atoms with van der Waals surface area (Å²) >= 11 is 5.26. The quantitative estimate of drug-likeness (QED) is 0.419. The SMILES string of the molecule is Cc1c(/C=N\NC(=S)NCCN2CCOCC2)n(C)n(-c2ccccc2)c1=O. The van der Waals surface area contributed by atoms with E-state index < -0.39 is 0 Å². The van der Waals surface area contributed by atoms with Crippen molar-refractivity contribution in [2.45, 2.75) is 6.92 Å². The summed E-state index contributed by atoms with van der Waals surface area (Å²) in [6.07, 6.45) is 1.62. The molecule has 9 heteroatoms. The molecule has 1 aliphatic rings. The molecule has 1 aliphatic heterocycles. The number of thiocarbonyl (C=S) groups is 1. The van der Waals surface area contributed by atoms with Crippen molar-refractivity contribution in [2.24, 2.45) is 12.1 Å². The van der Waals surface area contributed by atoms with Crippen LogP contribution in [0.1, 0.15) is 11.3 Å². The second-order valence-corrected chi connectivity index (χ2v) is 6.97. The Morgan fingerprint density at radius 1 is 1.29 bits per heavy atom. The number of rotatable bonds is 6. The highest BCUT2D eigenvalue weighted by Crippen LogP contribution is 2.08. The second kappa shape index (κ2) is 9.63. The summed E-state index contributed by atoms with van der Waals surface area (Å²) in [5.74, 6) is 0. The molecular formula is C19H26N6O2S. The van der Waals surface area contributed by atoms with Gasteiger partial charge in [-0.05, 0) is 31.3 Å². The zero-order chi connectivity index (χ0) is 19.9. The Morgan fingerprint density at radius 3 is 2.71 bits per heavy atom. The highest BCUT2D eigenvalue weighted by molar-refractivity contribution is 7.80. The van der Waals surface area contributed by atoms with Crippen LogP contribution in [0.3, 0.4) is 0 Å². The van der Waals surface area contributed by atoms with Gasteiger partial charge >= 0.3 is 0 Å². The van der Waals surface area contributed by atoms with E-state index in [2.05, 4.69) is 20.7 Å². The lowest BCUT2D eigenvalue weighted by Gasteiger charge is -2.26. The first kappa shape index (κ1) is 20.2. The van der Waals surface area contributed by atoms with Crippen LogP contribution >= 0.6 is 12.2 Å². The smallest absolute Gasteiger partial charge is 0.274 e. The summed E-state index contributed by atoms with van der Waals surface area (Å²) < 4.78 is 8.74. The maximum absolute atomic E-state index is 12.6. The summed E-state index contributed by atoms with van der Waals surface area (Å²) in [7, 11) is 1.83. The Labute approximate surface area is 169 Å². The lowest BCUT2D eigenvalue weighted by Crippen LogP contribution is -2.42. The molecule has 8 nitrogen and oxygen atoms in total. The molecule has 0 bridgehead atoms. The number of hydrogen-bond donors (Lipinski definition) is 2. The van der Waals surface area contributed by atoms with Gasteiger partial charge in [-0.3, -0.25) is 19.8 Å². The number of morpholine rings is 1. The minimum Gasteiger partial charge on any atom is -0.379 e. The molecule has 0 amide bonds. The number of ether oxygens (including phenoxy) is 1. The number of hydrazone groups is 1. The number of para-hydroxylation sites is 1. The first-order chi connectivity index (χ1) is 13.6. The van der Waals surface area contributed by atoms with Crippen LogP contribution in [0.2, 0.25) is 0 Å². The highest BCUT2D eigenvalue weighted by Gasteiger charge is 2.14. The Hall–Kier alpha value is -2.49. The minimum absolute atomic E-state index is 0.0682. The van der Waals surface area contributed by atoms with Gasteiger partial charge in [0, 0.05) is 38.8 Å². The summed E-state index contributed by atoms with van der Waals surface area (Å²) in [4.78, 5) is 14.9. The lowest BCUT2D eigenvalue weighted by molar-refractivity contribution is 0.0389. The van der Waals surface area contributed by atoms with Crippen LogP contribution in [0.4, 0.5) is 0 Å². The summed E-state index contributed by atoms with van der Waals surface area (Å²) in [5, 5.41) is 7.78. The molecule has 0 radical (unpaired) electrons. The fraction of sp³-hybridized carbons (Fsp3) is 0.421. The molecule has 1 aromatic heterocycles. The van der Waals surface area contributed by atoms with Gasteiger partial charge < -0.3 is 10.1 Å². The monoisotopic (exact) mass is 402 g/mol. The van der Waals surface area contributed by atoms with E-state index >= 15 is 0 Å². The second-order valence-electron chi connectivity index (χ2n) is 6.57. The van der Waals surface area contributed by atoms with Gasteiger partial charge in [-0.1, -0.05) is 18.2 Å². The maximum Gasteiger partial charge on any atom is 0.274 e. The number of nitrogens with zero attached hydrogens (tertiary/aromatic N) is 4. The van der Waals surface area contributed by atoms with Crippen LogP contribution in [0.5, 0.6) is 0 Å². The molecule has 2 heterocycles. The van der Waals surface area contributed by atoms with Gasteiger partial charge in [0.1, 0.15) is 0 Å². The van der Waals surface area contributed by atoms with E-state index in [-0.39, 0.29) is 5.56 Å². The number of benzene rings is 1. The molecular weight excluding hydrogens is 376 g/mol. The molecule has 1 fully saturated rings. The topological polar surface area (TPSA) is 75.8 Å². The Kier molecular flexibility index (Phi) is 6.96. The number of hydrogen-bond acceptors (Lipinski definition) is 5. The van der Waals surface area contributed by atoms with Crippen molar-refractivity contribution in [1.82, 2.24) is 25.0 Å². The van der Waals surface area contributed by atoms with Gasteiger partial charge in [-0.15, -0.1) is 0 Å². The third-order valence-corrected chi connectivity index (χ3v) is 4.95. The maximum atomic E-state index is 12.6. The minimum atomic E-state index is -0.0682. The van der Waals surface area contributed by atoms with E-state index in [1.165, 1.54) is 0 Å². The van der Waals surface area contributed by atoms with Crippen LogP contribution in [-0.4, -0.2) is 65.0 Å². The van der Waals surface area contributed by atoms with Gasteiger partial charge in [-0.25, -0.2) is 4.68 Å². The fourth-order valence-corrected chi connectivity index (χ4v) is 3.29. The van der Waals surface area contributed by atoms with E-state index in [1.807, 2.05) is 37.4 Å². The summed E-state index contributed by atoms with van der Waals surface area (Å²) in [6.45, 7) is 6.91. The molecule has 1 aromatic carbocycles. The molecule has 0 unspecified atom stereocenters. The predicted molar refractivity (Wildman–Crippen MR) is 114 cm³/mol. The zero-order valence-corrected chi connectivity index (χ0v) is 17.0. The average Bonchev–Trinajstić information content (AvgIpc) is 2.92. The largest absolute Gasteiger partial charge is 0.379 e. The van der Waals surface area contributed by atoms with Crippen molar-refractivity contribution in [3.8, 4) is 5.69 Å². The van der Waals surface area contributed by atoms with Crippen LogP contribution in [0.25, 0.3) is 5.69 Å². The zero-order valence-electron chi connectivity index (χ0n) is 16.2. The summed E-state index contributed by atoms with van der Waals surface area (Å²) in [5.41, 5.74) is 4.90. The molecule has 2 N–H and O–H groups in total. The molecule has 2 aromatic rings. The Bertz CT molecular complexity index is 884. The third kappa shape index (κ3) is 4.86. The molecule has 0 saturated carbocycles. The lowest BCUT2D eigenvalue weighted by atomic mass is 10.3. The van der Waals surface area contributed by atoms with Crippen LogP contribution in [-0.2, 0) is 11.8 Å². The normalized spacial score (nSPS) is 15.1. The highest BCUT2D eigenvalue weighted by atomic mass is 32.1. The van der Waals surface area contributed by atoms with E-state index in [4.69, 9.17) is 17.0 Å². The molecule has 150 valence electrons. The van der Waals surface area contributed by atoms with Crippen molar-refractivity contribution >= 4 is 23.5 Å². The van der Waals surface area contributed by atoms with Gasteiger partial charge in [0.2, 0.25) is 0 Å². The van der Waals surface area contributed by atoms with Gasteiger partial charge in [-0.2, -0.15) is 5.10 Å². The first-order valence-electron chi connectivity index (χ1n) is 9.29. The molecule has 28 heavy (non-hydrogen) atoms. The van der Waals surface area contributed by atoms with E-state index in [1.54, 1.807) is 22.5 Å². The van der Waals surface area contributed by atoms with Gasteiger partial charge in [0.05, 0.1) is 30.8 Å².